The molecule has 1 saturated heterocycles. The zero-order valence-corrected chi connectivity index (χ0v) is 27.0. The van der Waals surface area contributed by atoms with E-state index in [0.29, 0.717) is 24.8 Å². The van der Waals surface area contributed by atoms with Gasteiger partial charge in [-0.2, -0.15) is 0 Å². The molecule has 1 aromatic rings. The maximum absolute atomic E-state index is 14.5. The molecule has 1 heterocycles. The van der Waals surface area contributed by atoms with Gasteiger partial charge in [-0.25, -0.2) is 0 Å². The monoisotopic (exact) mass is 634 g/mol. The van der Waals surface area contributed by atoms with Gasteiger partial charge in [-0.15, -0.1) is 0 Å². The number of carbonyl (C=O) groups is 1. The molecule has 5 rings (SSSR count). The number of aliphatic hydroxyl groups excluding tert-OH is 6. The van der Waals surface area contributed by atoms with Gasteiger partial charge in [0, 0.05) is 12.3 Å². The van der Waals surface area contributed by atoms with Crippen LogP contribution in [0.25, 0.3) is 0 Å². The molecule has 0 bridgehead atoms. The van der Waals surface area contributed by atoms with Gasteiger partial charge in [0.1, 0.15) is 30.2 Å². The Morgan fingerprint density at radius 3 is 2.40 bits per heavy atom. The van der Waals surface area contributed by atoms with Crippen LogP contribution in [0.2, 0.25) is 0 Å². The molecule has 252 valence electrons. The first kappa shape index (κ1) is 34.3. The minimum absolute atomic E-state index is 0.0486. The Kier molecular flexibility index (Phi) is 8.80. The Morgan fingerprint density at radius 1 is 1.11 bits per heavy atom. The number of ether oxygens (including phenoxy) is 2. The second kappa shape index (κ2) is 11.6. The third kappa shape index (κ3) is 5.06. The summed E-state index contributed by atoms with van der Waals surface area (Å²) in [7, 11) is 0. The first-order valence-corrected chi connectivity index (χ1v) is 15.9. The van der Waals surface area contributed by atoms with E-state index >= 15 is 0 Å². The van der Waals surface area contributed by atoms with Gasteiger partial charge in [0.25, 0.3) is 0 Å². The van der Waals surface area contributed by atoms with Crippen molar-refractivity contribution in [3.63, 3.8) is 0 Å². The van der Waals surface area contributed by atoms with E-state index in [1.807, 2.05) is 33.8 Å². The smallest absolute Gasteiger partial charge is 0.229 e. The van der Waals surface area contributed by atoms with E-state index in [1.165, 1.54) is 6.07 Å². The van der Waals surface area contributed by atoms with Gasteiger partial charge in [-0.05, 0) is 93.4 Å². The van der Waals surface area contributed by atoms with Gasteiger partial charge in [-0.1, -0.05) is 25.5 Å². The number of benzene rings is 1. The summed E-state index contributed by atoms with van der Waals surface area (Å²) in [6.07, 6.45) is -6.19. The van der Waals surface area contributed by atoms with Crippen LogP contribution in [0, 0.1) is 22.7 Å². The van der Waals surface area contributed by atoms with Crippen LogP contribution in [0.1, 0.15) is 78.4 Å². The Labute approximate surface area is 264 Å². The molecule has 0 radical (unpaired) electrons. The van der Waals surface area contributed by atoms with E-state index in [1.54, 1.807) is 13.0 Å². The fourth-order valence-corrected chi connectivity index (χ4v) is 9.52. The number of hydrogen-bond acceptors (Lipinski definition) is 11. The van der Waals surface area contributed by atoms with Crippen molar-refractivity contribution < 1.29 is 55.1 Å². The van der Waals surface area contributed by atoms with Crippen LogP contribution in [0.15, 0.2) is 23.8 Å². The molecule has 45 heavy (non-hydrogen) atoms. The number of aliphatic hydroxyl groups is 7. The fourth-order valence-electron chi connectivity index (χ4n) is 9.52. The van der Waals surface area contributed by atoms with Crippen LogP contribution in [0.3, 0.4) is 0 Å². The minimum atomic E-state index is -1.69. The molecule has 6 unspecified atom stereocenters. The number of rotatable bonds is 7. The van der Waals surface area contributed by atoms with Crippen molar-refractivity contribution in [1.29, 1.82) is 0 Å². The largest absolute Gasteiger partial charge is 0.504 e. The van der Waals surface area contributed by atoms with Crippen molar-refractivity contribution in [2.75, 3.05) is 6.61 Å². The lowest BCUT2D eigenvalue weighted by Gasteiger charge is -2.62. The number of Topliss-reactive ketones (excluding diaryl/α,β-unsaturated/α-hetero) is 1. The number of carbonyl (C=O) groups excluding carboxylic acids is 1. The topological polar surface area (TPSA) is 197 Å². The Hall–Kier alpha value is -2.09. The number of phenols is 1. The van der Waals surface area contributed by atoms with Crippen LogP contribution in [-0.2, 0) is 21.4 Å². The van der Waals surface area contributed by atoms with E-state index in [2.05, 4.69) is 6.92 Å². The van der Waals surface area contributed by atoms with Crippen LogP contribution in [0.4, 0.5) is 0 Å². The quantitative estimate of drug-likeness (QED) is 0.201. The summed E-state index contributed by atoms with van der Waals surface area (Å²) in [4.78, 5) is 14.5. The van der Waals surface area contributed by atoms with Gasteiger partial charge >= 0.3 is 0 Å². The number of phenolic OH excluding ortho intramolecular Hbond substituents is 1. The first-order chi connectivity index (χ1) is 20.8. The molecular formula is C34H50O11. The molecule has 1 aromatic carbocycles. The van der Waals surface area contributed by atoms with E-state index in [-0.39, 0.29) is 36.0 Å². The van der Waals surface area contributed by atoms with Gasteiger partial charge in [0.2, 0.25) is 6.29 Å². The maximum Gasteiger partial charge on any atom is 0.229 e. The lowest BCUT2D eigenvalue weighted by Crippen LogP contribution is -2.64. The minimum Gasteiger partial charge on any atom is -0.504 e. The second-order valence-electron chi connectivity index (χ2n) is 15.0. The Balaban J connectivity index is 1.51. The average Bonchev–Trinajstić information content (AvgIpc) is 3.17. The number of aromatic hydroxyl groups is 1. The van der Waals surface area contributed by atoms with Crippen molar-refractivity contribution in [2.45, 2.75) is 128 Å². The molecule has 11 heteroatoms. The normalized spacial score (nSPS) is 43.0. The molecule has 3 aliphatic carbocycles. The number of ketones is 1. The van der Waals surface area contributed by atoms with Crippen molar-refractivity contribution in [3.8, 4) is 11.5 Å². The third-order valence-electron chi connectivity index (χ3n) is 12.2. The van der Waals surface area contributed by atoms with Gasteiger partial charge in [-0.3, -0.25) is 4.79 Å². The SMILES string of the molecule is CC(C)=CCC(O)[C@](C)(O)[C@H]1[C@H](O)C[C@@]2(C)[C@@H]3CCc4cc(O)c(OC5OC(CO)C(O)C(O)C5O)cc4[C@]3(C)C(=O)C[C@]12C. The molecule has 0 spiro atoms. The average molecular weight is 635 g/mol. The summed E-state index contributed by atoms with van der Waals surface area (Å²) in [6.45, 7) is 10.6. The summed E-state index contributed by atoms with van der Waals surface area (Å²) in [5.74, 6) is -1.48. The van der Waals surface area contributed by atoms with Crippen LogP contribution < -0.4 is 4.74 Å². The predicted octanol–water partition coefficient (Wildman–Crippen LogP) is 1.23. The van der Waals surface area contributed by atoms with Crippen molar-refractivity contribution in [3.05, 3.63) is 34.9 Å². The van der Waals surface area contributed by atoms with Crippen LogP contribution in [-0.4, -0.2) is 102 Å². The molecule has 2 saturated carbocycles. The van der Waals surface area contributed by atoms with Gasteiger partial charge in [0.05, 0.1) is 29.8 Å². The van der Waals surface area contributed by atoms with E-state index in [9.17, 15) is 45.6 Å². The van der Waals surface area contributed by atoms with E-state index in [4.69, 9.17) is 9.47 Å². The molecule has 0 amide bonds. The first-order valence-electron chi connectivity index (χ1n) is 15.9. The lowest BCUT2D eigenvalue weighted by atomic mass is 9.41. The number of allylic oxidation sites excluding steroid dienone is 1. The molecular weight excluding hydrogens is 584 g/mol. The van der Waals surface area contributed by atoms with Crippen molar-refractivity contribution in [1.82, 2.24) is 0 Å². The summed E-state index contributed by atoms with van der Waals surface area (Å²) in [5.41, 5.74) is -1.79. The number of fused-ring (bicyclic) bond motifs is 5. The fraction of sp³-hybridized carbons (Fsp3) is 0.735. The number of hydrogen-bond donors (Lipinski definition) is 8. The third-order valence-corrected chi connectivity index (χ3v) is 12.2. The zero-order chi connectivity index (χ0) is 33.4. The zero-order valence-electron chi connectivity index (χ0n) is 27.0. The molecule has 8 N–H and O–H groups in total. The molecule has 4 aliphatic rings. The number of aryl methyl sites for hydroxylation is 1. The van der Waals surface area contributed by atoms with Crippen molar-refractivity contribution >= 4 is 5.78 Å². The highest BCUT2D eigenvalue weighted by molar-refractivity contribution is 5.93. The Morgan fingerprint density at radius 2 is 1.78 bits per heavy atom. The Bertz CT molecular complexity index is 1340. The second-order valence-corrected chi connectivity index (χ2v) is 15.0. The molecule has 3 fully saturated rings. The molecule has 0 aromatic heterocycles. The summed E-state index contributed by atoms with van der Waals surface area (Å²) < 4.78 is 11.3. The lowest BCUT2D eigenvalue weighted by molar-refractivity contribution is -0.277. The molecule has 11 nitrogen and oxygen atoms in total. The maximum atomic E-state index is 14.5. The highest BCUT2D eigenvalue weighted by atomic mass is 16.7. The summed E-state index contributed by atoms with van der Waals surface area (Å²) >= 11 is 0. The van der Waals surface area contributed by atoms with Gasteiger partial charge < -0.3 is 50.3 Å². The van der Waals surface area contributed by atoms with Crippen molar-refractivity contribution in [2.24, 2.45) is 22.7 Å². The van der Waals surface area contributed by atoms with Gasteiger partial charge in [0.15, 0.2) is 11.5 Å². The molecule has 1 aliphatic heterocycles. The van der Waals surface area contributed by atoms with Crippen LogP contribution in [0.5, 0.6) is 11.5 Å². The standard InChI is InChI=1S/C34H50O11/c1-16(2)7-10-24(38)34(6,43)29-20(37)13-31(3)23-9-8-17-11-19(36)21(12-18(17)33(23,5)25(39)14-32(29,31)4)44-30-28(42)27(41)26(40)22(15-35)45-30/h7,11-12,20,22-24,26-30,35-38,40-43H,8-10,13-15H2,1-6H3/t20-,22?,23+,24?,26?,27?,28?,29+,30?,31+,32-,33+,34+/m1/s1. The van der Waals surface area contributed by atoms with E-state index < -0.39 is 77.3 Å². The summed E-state index contributed by atoms with van der Waals surface area (Å²) in [5, 5.41) is 85.9. The highest BCUT2D eigenvalue weighted by Gasteiger charge is 2.73. The highest BCUT2D eigenvalue weighted by Crippen LogP contribution is 2.72. The molecule has 13 atom stereocenters. The van der Waals surface area contributed by atoms with E-state index in [0.717, 1.165) is 11.1 Å². The summed E-state index contributed by atoms with van der Waals surface area (Å²) in [6, 6.07) is 3.08. The van der Waals surface area contributed by atoms with Crippen LogP contribution >= 0.6 is 0 Å². The predicted molar refractivity (Wildman–Crippen MR) is 162 cm³/mol.